The zero-order chi connectivity index (χ0) is 21.5. The first-order valence-electron chi connectivity index (χ1n) is 10.0. The summed E-state index contributed by atoms with van der Waals surface area (Å²) < 4.78 is 6.97. The average molecular weight is 407 g/mol. The Balaban J connectivity index is 2.02. The second-order valence-electron chi connectivity index (χ2n) is 7.50. The molecule has 0 saturated heterocycles. The number of hydrogen-bond donors (Lipinski definition) is 1. The van der Waals surface area contributed by atoms with Gasteiger partial charge in [0.2, 0.25) is 0 Å². The smallest absolute Gasteiger partial charge is 0.342 e. The molecule has 0 atom stereocenters. The SMILES string of the molecule is COC(=O)c1c(N)n2c(-c3ccccc3)c(-c3ccccc3)nc2c2ccc(C)cc12. The van der Waals surface area contributed by atoms with Crippen molar-refractivity contribution >= 4 is 28.2 Å². The summed E-state index contributed by atoms with van der Waals surface area (Å²) in [6.45, 7) is 1.98. The van der Waals surface area contributed by atoms with E-state index in [0.29, 0.717) is 17.0 Å². The first-order chi connectivity index (χ1) is 15.1. The summed E-state index contributed by atoms with van der Waals surface area (Å²) in [5, 5.41) is 1.58. The fourth-order valence-corrected chi connectivity index (χ4v) is 4.12. The number of methoxy groups -OCH3 is 1. The van der Waals surface area contributed by atoms with E-state index in [2.05, 4.69) is 0 Å². The lowest BCUT2D eigenvalue weighted by atomic mass is 10.0. The Morgan fingerprint density at radius 3 is 2.19 bits per heavy atom. The Kier molecular flexibility index (Phi) is 4.44. The van der Waals surface area contributed by atoms with E-state index in [9.17, 15) is 4.79 Å². The number of carbonyl (C=O) groups excluding carboxylic acids is 1. The molecule has 0 aliphatic carbocycles. The molecule has 0 aliphatic rings. The second kappa shape index (κ2) is 7.29. The van der Waals surface area contributed by atoms with Gasteiger partial charge in [-0.05, 0) is 6.92 Å². The lowest BCUT2D eigenvalue weighted by molar-refractivity contribution is 0.0604. The standard InChI is InChI=1S/C26H21N3O2/c1-16-13-14-19-20(15-16)21(26(30)31-2)24(27)29-23(18-11-7-4-8-12-18)22(28-25(19)29)17-9-5-3-6-10-17/h3-15H,27H2,1-2H3. The van der Waals surface area contributed by atoms with Gasteiger partial charge in [0, 0.05) is 21.9 Å². The van der Waals surface area contributed by atoms with Crippen LogP contribution in [0.15, 0.2) is 78.9 Å². The van der Waals surface area contributed by atoms with Gasteiger partial charge in [-0.3, -0.25) is 4.40 Å². The number of aryl methyl sites for hydroxylation is 1. The number of nitrogens with two attached hydrogens (primary N) is 1. The highest BCUT2D eigenvalue weighted by Gasteiger charge is 2.25. The summed E-state index contributed by atoms with van der Waals surface area (Å²) in [7, 11) is 1.37. The molecule has 3 aromatic carbocycles. The van der Waals surface area contributed by atoms with E-state index in [-0.39, 0.29) is 0 Å². The van der Waals surface area contributed by atoms with Gasteiger partial charge in [0.1, 0.15) is 17.0 Å². The Bertz CT molecular complexity index is 1440. The number of nitrogen functional groups attached to an aromatic ring is 1. The Morgan fingerprint density at radius 1 is 0.903 bits per heavy atom. The maximum Gasteiger partial charge on any atom is 0.342 e. The predicted molar refractivity (Wildman–Crippen MR) is 124 cm³/mol. The molecule has 0 radical (unpaired) electrons. The maximum atomic E-state index is 12.8. The van der Waals surface area contributed by atoms with Crippen LogP contribution >= 0.6 is 0 Å². The number of hydrogen-bond acceptors (Lipinski definition) is 4. The Labute approximate surface area is 179 Å². The molecule has 5 aromatic rings. The fourth-order valence-electron chi connectivity index (χ4n) is 4.12. The molecule has 5 heteroatoms. The van der Waals surface area contributed by atoms with Gasteiger partial charge in [-0.15, -0.1) is 0 Å². The van der Waals surface area contributed by atoms with E-state index in [4.69, 9.17) is 15.5 Å². The fraction of sp³-hybridized carbons (Fsp3) is 0.0769. The van der Waals surface area contributed by atoms with Crippen molar-refractivity contribution in [3.05, 3.63) is 90.0 Å². The summed E-state index contributed by atoms with van der Waals surface area (Å²) in [5.74, 6) is -0.155. The lowest BCUT2D eigenvalue weighted by Gasteiger charge is -2.14. The molecule has 5 rings (SSSR count). The van der Waals surface area contributed by atoms with Crippen molar-refractivity contribution in [1.29, 1.82) is 0 Å². The Hall–Kier alpha value is -4.12. The van der Waals surface area contributed by atoms with Crippen LogP contribution in [-0.4, -0.2) is 22.5 Å². The third-order valence-corrected chi connectivity index (χ3v) is 5.54. The van der Waals surface area contributed by atoms with Gasteiger partial charge < -0.3 is 10.5 Å². The van der Waals surface area contributed by atoms with Crippen LogP contribution in [0, 0.1) is 6.92 Å². The highest BCUT2D eigenvalue weighted by molar-refractivity contribution is 6.13. The minimum absolute atomic E-state index is 0.313. The van der Waals surface area contributed by atoms with Gasteiger partial charge in [-0.25, -0.2) is 9.78 Å². The first-order valence-corrected chi connectivity index (χ1v) is 10.0. The third kappa shape index (κ3) is 2.94. The van der Waals surface area contributed by atoms with Gasteiger partial charge >= 0.3 is 5.97 Å². The van der Waals surface area contributed by atoms with Crippen LogP contribution in [0.5, 0.6) is 0 Å². The van der Waals surface area contributed by atoms with Crippen molar-refractivity contribution in [3.63, 3.8) is 0 Å². The van der Waals surface area contributed by atoms with Crippen LogP contribution in [0.3, 0.4) is 0 Å². The molecule has 2 aromatic heterocycles. The van der Waals surface area contributed by atoms with Crippen LogP contribution in [0.2, 0.25) is 0 Å². The van der Waals surface area contributed by atoms with Crippen molar-refractivity contribution in [2.75, 3.05) is 12.8 Å². The second-order valence-corrected chi connectivity index (χ2v) is 7.50. The molecule has 0 bridgehead atoms. The number of ether oxygens (including phenoxy) is 1. The van der Waals surface area contributed by atoms with Crippen molar-refractivity contribution in [2.24, 2.45) is 0 Å². The molecule has 5 nitrogen and oxygen atoms in total. The van der Waals surface area contributed by atoms with Gasteiger partial charge in [0.25, 0.3) is 0 Å². The summed E-state index contributed by atoms with van der Waals surface area (Å²) in [5.41, 5.74) is 12.3. The summed E-state index contributed by atoms with van der Waals surface area (Å²) in [6.07, 6.45) is 0. The van der Waals surface area contributed by atoms with Crippen LogP contribution in [0.1, 0.15) is 15.9 Å². The number of aromatic nitrogens is 2. The van der Waals surface area contributed by atoms with Crippen LogP contribution in [0.4, 0.5) is 5.82 Å². The van der Waals surface area contributed by atoms with E-state index in [1.807, 2.05) is 90.2 Å². The minimum Gasteiger partial charge on any atom is -0.465 e. The number of fused-ring (bicyclic) bond motifs is 3. The highest BCUT2D eigenvalue weighted by Crippen LogP contribution is 2.39. The lowest BCUT2D eigenvalue weighted by Crippen LogP contribution is -2.11. The van der Waals surface area contributed by atoms with Crippen molar-refractivity contribution in [2.45, 2.75) is 6.92 Å². The largest absolute Gasteiger partial charge is 0.465 e. The molecular formula is C26H21N3O2. The van der Waals surface area contributed by atoms with Crippen LogP contribution in [0.25, 0.3) is 38.9 Å². The van der Waals surface area contributed by atoms with Gasteiger partial charge in [0.05, 0.1) is 18.5 Å². The number of esters is 1. The zero-order valence-corrected chi connectivity index (χ0v) is 17.3. The summed E-state index contributed by atoms with van der Waals surface area (Å²) >= 11 is 0. The predicted octanol–water partition coefficient (Wildman–Crippen LogP) is 5.50. The van der Waals surface area contributed by atoms with E-state index in [1.54, 1.807) is 0 Å². The van der Waals surface area contributed by atoms with Gasteiger partial charge in [-0.1, -0.05) is 84.4 Å². The molecule has 0 unspecified atom stereocenters. The van der Waals surface area contributed by atoms with E-state index in [1.165, 1.54) is 7.11 Å². The number of imidazole rings is 1. The minimum atomic E-state index is -0.469. The third-order valence-electron chi connectivity index (χ3n) is 5.54. The summed E-state index contributed by atoms with van der Waals surface area (Å²) in [4.78, 5) is 17.8. The molecule has 0 fully saturated rings. The Morgan fingerprint density at radius 2 is 1.55 bits per heavy atom. The van der Waals surface area contributed by atoms with E-state index >= 15 is 0 Å². The van der Waals surface area contributed by atoms with Crippen molar-refractivity contribution in [3.8, 4) is 22.5 Å². The molecule has 2 heterocycles. The normalized spacial score (nSPS) is 11.2. The molecule has 0 aliphatic heterocycles. The number of rotatable bonds is 3. The monoisotopic (exact) mass is 407 g/mol. The van der Waals surface area contributed by atoms with Gasteiger partial charge in [0.15, 0.2) is 0 Å². The number of benzene rings is 3. The number of anilines is 1. The number of carbonyl (C=O) groups is 1. The first kappa shape index (κ1) is 18.9. The molecular weight excluding hydrogens is 386 g/mol. The van der Waals surface area contributed by atoms with Crippen LogP contribution < -0.4 is 5.73 Å². The van der Waals surface area contributed by atoms with Crippen LogP contribution in [-0.2, 0) is 4.74 Å². The molecule has 0 amide bonds. The van der Waals surface area contributed by atoms with Gasteiger partial charge in [-0.2, -0.15) is 0 Å². The van der Waals surface area contributed by atoms with Crippen molar-refractivity contribution in [1.82, 2.24) is 9.38 Å². The topological polar surface area (TPSA) is 69.6 Å². The number of pyridine rings is 1. The molecule has 0 saturated carbocycles. The molecule has 0 spiro atoms. The quantitative estimate of drug-likeness (QED) is 0.401. The number of nitrogens with zero attached hydrogens (tertiary/aromatic N) is 2. The van der Waals surface area contributed by atoms with E-state index in [0.717, 1.165) is 38.9 Å². The molecule has 152 valence electrons. The average Bonchev–Trinajstić information content (AvgIpc) is 3.21. The highest BCUT2D eigenvalue weighted by atomic mass is 16.5. The van der Waals surface area contributed by atoms with Crippen molar-refractivity contribution < 1.29 is 9.53 Å². The molecule has 2 N–H and O–H groups in total. The maximum absolute atomic E-state index is 12.8. The molecule has 31 heavy (non-hydrogen) atoms. The summed E-state index contributed by atoms with van der Waals surface area (Å²) in [6, 6.07) is 25.9. The van der Waals surface area contributed by atoms with E-state index < -0.39 is 5.97 Å². The zero-order valence-electron chi connectivity index (χ0n) is 17.3.